The highest BCUT2D eigenvalue weighted by Gasteiger charge is 2.26. The molecule has 0 bridgehead atoms. The number of hydrogen-bond acceptors (Lipinski definition) is 4. The number of carbonyl (C=O) groups is 1. The van der Waals surface area contributed by atoms with E-state index in [9.17, 15) is 4.79 Å². The van der Waals surface area contributed by atoms with Crippen LogP contribution in [0.1, 0.15) is 42.7 Å². The smallest absolute Gasteiger partial charge is 0.254 e. The van der Waals surface area contributed by atoms with Crippen molar-refractivity contribution in [2.24, 2.45) is 11.8 Å². The van der Waals surface area contributed by atoms with Crippen LogP contribution in [0.15, 0.2) is 42.7 Å². The average Bonchev–Trinajstić information content (AvgIpc) is 3.13. The van der Waals surface area contributed by atoms with E-state index in [1.54, 1.807) is 6.20 Å². The maximum Gasteiger partial charge on any atom is 0.254 e. The lowest BCUT2D eigenvalue weighted by molar-refractivity contribution is 0.0661. The molecule has 4 rings (SSSR count). The molecule has 146 valence electrons. The van der Waals surface area contributed by atoms with E-state index in [0.717, 1.165) is 61.1 Å². The summed E-state index contributed by atoms with van der Waals surface area (Å²) in [6, 6.07) is 9.67. The SMILES string of the molecule is CC(C)Cc1cn(C[C@H]2CCCN(C(=O)c3ccnc4ccccc34)C2)nn1. The van der Waals surface area contributed by atoms with Crippen molar-refractivity contribution in [3.8, 4) is 0 Å². The molecule has 2 aromatic heterocycles. The molecule has 28 heavy (non-hydrogen) atoms. The molecule has 6 nitrogen and oxygen atoms in total. The van der Waals surface area contributed by atoms with E-state index < -0.39 is 0 Å². The molecule has 1 amide bonds. The molecule has 3 heterocycles. The van der Waals surface area contributed by atoms with Crippen molar-refractivity contribution < 1.29 is 4.79 Å². The van der Waals surface area contributed by atoms with Gasteiger partial charge in [-0.3, -0.25) is 14.5 Å². The van der Waals surface area contributed by atoms with Crippen LogP contribution >= 0.6 is 0 Å². The largest absolute Gasteiger partial charge is 0.338 e. The molecule has 0 unspecified atom stereocenters. The number of nitrogens with zero attached hydrogens (tertiary/aromatic N) is 5. The minimum absolute atomic E-state index is 0.0994. The molecule has 0 spiro atoms. The number of fused-ring (bicyclic) bond motifs is 1. The average molecular weight is 377 g/mol. The van der Waals surface area contributed by atoms with Crippen molar-refractivity contribution in [1.29, 1.82) is 0 Å². The van der Waals surface area contributed by atoms with E-state index >= 15 is 0 Å². The first-order valence-electron chi connectivity index (χ1n) is 10.1. The van der Waals surface area contributed by atoms with Crippen molar-refractivity contribution in [3.63, 3.8) is 0 Å². The molecular formula is C22H27N5O. The maximum absolute atomic E-state index is 13.2. The lowest BCUT2D eigenvalue weighted by Crippen LogP contribution is -2.41. The predicted octanol–water partition coefficient (Wildman–Crippen LogP) is 3.58. The summed E-state index contributed by atoms with van der Waals surface area (Å²) >= 11 is 0. The summed E-state index contributed by atoms with van der Waals surface area (Å²) in [7, 11) is 0. The highest BCUT2D eigenvalue weighted by molar-refractivity contribution is 6.05. The van der Waals surface area contributed by atoms with Crippen LogP contribution in [0.4, 0.5) is 0 Å². The van der Waals surface area contributed by atoms with E-state index in [0.29, 0.717) is 11.8 Å². The van der Waals surface area contributed by atoms with Crippen LogP contribution in [0.2, 0.25) is 0 Å². The van der Waals surface area contributed by atoms with Gasteiger partial charge in [-0.1, -0.05) is 37.3 Å². The lowest BCUT2D eigenvalue weighted by Gasteiger charge is -2.33. The van der Waals surface area contributed by atoms with E-state index in [-0.39, 0.29) is 5.91 Å². The molecule has 3 aromatic rings. The quantitative estimate of drug-likeness (QED) is 0.682. The molecule has 1 atom stereocenters. The summed E-state index contributed by atoms with van der Waals surface area (Å²) in [6.07, 6.45) is 6.86. The van der Waals surface area contributed by atoms with E-state index in [1.165, 1.54) is 0 Å². The number of benzene rings is 1. The van der Waals surface area contributed by atoms with Crippen LogP contribution in [0.3, 0.4) is 0 Å². The standard InChI is InChI=1S/C22H27N5O/c1-16(2)12-18-15-27(25-24-18)14-17-6-5-11-26(13-17)22(28)20-9-10-23-21-8-4-3-7-19(20)21/h3-4,7-10,15-17H,5-6,11-14H2,1-2H3/t17-/m0/s1. The molecule has 0 radical (unpaired) electrons. The number of pyridine rings is 1. The van der Waals surface area contributed by atoms with Crippen LogP contribution < -0.4 is 0 Å². The molecule has 0 aliphatic carbocycles. The van der Waals surface area contributed by atoms with Gasteiger partial charge < -0.3 is 4.90 Å². The van der Waals surface area contributed by atoms with Crippen molar-refractivity contribution in [1.82, 2.24) is 24.9 Å². The normalized spacial score (nSPS) is 17.4. The molecule has 1 aromatic carbocycles. The molecule has 6 heteroatoms. The number of amides is 1. The van der Waals surface area contributed by atoms with Crippen molar-refractivity contribution in [3.05, 3.63) is 54.0 Å². The second-order valence-corrected chi connectivity index (χ2v) is 8.16. The minimum Gasteiger partial charge on any atom is -0.338 e. The second kappa shape index (κ2) is 8.09. The number of rotatable bonds is 5. The van der Waals surface area contributed by atoms with Crippen molar-refractivity contribution >= 4 is 16.8 Å². The first-order valence-corrected chi connectivity index (χ1v) is 10.1. The first-order chi connectivity index (χ1) is 13.6. The fourth-order valence-corrected chi connectivity index (χ4v) is 4.06. The third kappa shape index (κ3) is 4.06. The minimum atomic E-state index is 0.0994. The molecule has 1 aliphatic heterocycles. The Labute approximate surface area is 165 Å². The van der Waals surface area contributed by atoms with Gasteiger partial charge >= 0.3 is 0 Å². The van der Waals surface area contributed by atoms with Gasteiger partial charge in [0.15, 0.2) is 0 Å². The van der Waals surface area contributed by atoms with E-state index in [1.807, 2.05) is 39.9 Å². The summed E-state index contributed by atoms with van der Waals surface area (Å²) in [5.41, 5.74) is 2.65. The summed E-state index contributed by atoms with van der Waals surface area (Å²) in [6.45, 7) is 6.75. The van der Waals surface area contributed by atoms with Crippen molar-refractivity contribution in [2.75, 3.05) is 13.1 Å². The van der Waals surface area contributed by atoms with Gasteiger partial charge in [-0.15, -0.1) is 5.10 Å². The Balaban J connectivity index is 1.46. The third-order valence-corrected chi connectivity index (χ3v) is 5.33. The zero-order valence-corrected chi connectivity index (χ0v) is 16.6. The van der Waals surface area contributed by atoms with Gasteiger partial charge in [-0.25, -0.2) is 0 Å². The zero-order chi connectivity index (χ0) is 19.5. The monoisotopic (exact) mass is 377 g/mol. The predicted molar refractivity (Wildman–Crippen MR) is 109 cm³/mol. The van der Waals surface area contributed by atoms with Crippen LogP contribution in [-0.2, 0) is 13.0 Å². The van der Waals surface area contributed by atoms with Crippen molar-refractivity contribution in [2.45, 2.75) is 39.7 Å². The van der Waals surface area contributed by atoms with E-state index in [4.69, 9.17) is 0 Å². The summed E-state index contributed by atoms with van der Waals surface area (Å²) in [4.78, 5) is 19.6. The number of piperidine rings is 1. The number of hydrogen-bond donors (Lipinski definition) is 0. The number of para-hydroxylation sites is 1. The van der Waals surface area contributed by atoms with Gasteiger partial charge in [-0.2, -0.15) is 0 Å². The van der Waals surface area contributed by atoms with Crippen LogP contribution in [0.25, 0.3) is 10.9 Å². The van der Waals surface area contributed by atoms with Gasteiger partial charge in [0.1, 0.15) is 0 Å². The number of carbonyl (C=O) groups excluding carboxylic acids is 1. The molecule has 1 aliphatic rings. The summed E-state index contributed by atoms with van der Waals surface area (Å²) in [5, 5.41) is 9.49. The Morgan fingerprint density at radius 3 is 2.96 bits per heavy atom. The highest BCUT2D eigenvalue weighted by atomic mass is 16.2. The fraction of sp³-hybridized carbons (Fsp3) is 0.455. The Morgan fingerprint density at radius 2 is 2.11 bits per heavy atom. The fourth-order valence-electron chi connectivity index (χ4n) is 4.06. The van der Waals surface area contributed by atoms with Crippen LogP contribution in [0, 0.1) is 11.8 Å². The highest BCUT2D eigenvalue weighted by Crippen LogP contribution is 2.23. The third-order valence-electron chi connectivity index (χ3n) is 5.33. The Kier molecular flexibility index (Phi) is 5.37. The Hall–Kier alpha value is -2.76. The second-order valence-electron chi connectivity index (χ2n) is 8.16. The molecule has 1 saturated heterocycles. The molecule has 1 fully saturated rings. The summed E-state index contributed by atoms with van der Waals surface area (Å²) < 4.78 is 1.94. The van der Waals surface area contributed by atoms with Gasteiger partial charge in [0.2, 0.25) is 0 Å². The lowest BCUT2D eigenvalue weighted by atomic mass is 9.97. The number of likely N-dealkylation sites (tertiary alicyclic amines) is 1. The molecular weight excluding hydrogens is 350 g/mol. The first kappa shape index (κ1) is 18.6. The van der Waals surface area contributed by atoms with Gasteiger partial charge in [0.25, 0.3) is 5.91 Å². The van der Waals surface area contributed by atoms with Gasteiger partial charge in [-0.05, 0) is 43.2 Å². The van der Waals surface area contributed by atoms with Crippen LogP contribution in [0.5, 0.6) is 0 Å². The zero-order valence-electron chi connectivity index (χ0n) is 16.6. The van der Waals surface area contributed by atoms with Gasteiger partial charge in [0, 0.05) is 37.4 Å². The molecule has 0 saturated carbocycles. The Morgan fingerprint density at radius 1 is 1.25 bits per heavy atom. The van der Waals surface area contributed by atoms with E-state index in [2.05, 4.69) is 35.3 Å². The summed E-state index contributed by atoms with van der Waals surface area (Å²) in [5.74, 6) is 1.07. The van der Waals surface area contributed by atoms with Crippen LogP contribution in [-0.4, -0.2) is 43.9 Å². The van der Waals surface area contributed by atoms with Gasteiger partial charge in [0.05, 0.1) is 16.8 Å². The number of aromatic nitrogens is 4. The molecule has 0 N–H and O–H groups in total. The maximum atomic E-state index is 13.2. The topological polar surface area (TPSA) is 63.9 Å². The Bertz CT molecular complexity index is 959.